The van der Waals surface area contributed by atoms with Gasteiger partial charge < -0.3 is 15.4 Å². The number of anilines is 1. The molecule has 1 aromatic rings. The molecule has 1 aromatic carbocycles. The summed E-state index contributed by atoms with van der Waals surface area (Å²) in [5.41, 5.74) is 2.86. The molecule has 0 aliphatic heterocycles. The molecule has 0 spiro atoms. The Labute approximate surface area is 114 Å². The Morgan fingerprint density at radius 2 is 2.11 bits per heavy atom. The summed E-state index contributed by atoms with van der Waals surface area (Å²) in [5.74, 6) is 1.62. The second-order valence-electron chi connectivity index (χ2n) is 5.21. The van der Waals surface area contributed by atoms with Crippen molar-refractivity contribution in [2.24, 2.45) is 5.92 Å². The molecule has 104 valence electrons. The van der Waals surface area contributed by atoms with Crippen molar-refractivity contribution in [1.29, 1.82) is 0 Å². The Hall–Kier alpha value is -1.55. The molecule has 2 rings (SSSR count). The molecule has 0 atom stereocenters. The second kappa shape index (κ2) is 6.06. The van der Waals surface area contributed by atoms with Gasteiger partial charge in [-0.05, 0) is 50.8 Å². The van der Waals surface area contributed by atoms with Crippen molar-refractivity contribution < 1.29 is 9.53 Å². The van der Waals surface area contributed by atoms with Crippen molar-refractivity contribution in [2.45, 2.75) is 26.7 Å². The molecule has 0 radical (unpaired) electrons. The van der Waals surface area contributed by atoms with Crippen LogP contribution in [0.2, 0.25) is 0 Å². The minimum Gasteiger partial charge on any atom is -0.496 e. The van der Waals surface area contributed by atoms with Gasteiger partial charge in [-0.2, -0.15) is 0 Å². The summed E-state index contributed by atoms with van der Waals surface area (Å²) >= 11 is 0. The monoisotopic (exact) mass is 262 g/mol. The van der Waals surface area contributed by atoms with Gasteiger partial charge in [0, 0.05) is 11.3 Å². The molecule has 0 unspecified atom stereocenters. The van der Waals surface area contributed by atoms with E-state index in [1.165, 1.54) is 12.8 Å². The topological polar surface area (TPSA) is 50.4 Å². The highest BCUT2D eigenvalue weighted by molar-refractivity contribution is 5.93. The number of hydrogen-bond acceptors (Lipinski definition) is 3. The van der Waals surface area contributed by atoms with E-state index in [-0.39, 0.29) is 5.91 Å². The molecule has 19 heavy (non-hydrogen) atoms. The first-order chi connectivity index (χ1) is 9.11. The fraction of sp³-hybridized carbons (Fsp3) is 0.533. The van der Waals surface area contributed by atoms with E-state index in [9.17, 15) is 4.79 Å². The molecule has 4 nitrogen and oxygen atoms in total. The maximum absolute atomic E-state index is 11.8. The van der Waals surface area contributed by atoms with Crippen LogP contribution in [0.3, 0.4) is 0 Å². The minimum atomic E-state index is -0.00495. The largest absolute Gasteiger partial charge is 0.496 e. The Kier molecular flexibility index (Phi) is 4.43. The SMILES string of the molecule is COc1c(C)ccc(NC(=O)CNCC2CC2)c1C. The van der Waals surface area contributed by atoms with Crippen LogP contribution in [0.1, 0.15) is 24.0 Å². The van der Waals surface area contributed by atoms with Crippen molar-refractivity contribution in [1.82, 2.24) is 5.32 Å². The maximum Gasteiger partial charge on any atom is 0.238 e. The maximum atomic E-state index is 11.8. The summed E-state index contributed by atoms with van der Waals surface area (Å²) in [6.45, 7) is 5.27. The van der Waals surface area contributed by atoms with Crippen molar-refractivity contribution in [2.75, 3.05) is 25.5 Å². The zero-order valence-electron chi connectivity index (χ0n) is 11.9. The molecule has 0 aromatic heterocycles. The lowest BCUT2D eigenvalue weighted by molar-refractivity contribution is -0.115. The first kappa shape index (κ1) is 13.9. The van der Waals surface area contributed by atoms with E-state index in [0.29, 0.717) is 6.54 Å². The van der Waals surface area contributed by atoms with E-state index in [1.54, 1.807) is 7.11 Å². The number of nitrogens with one attached hydrogen (secondary N) is 2. The molecule has 4 heteroatoms. The van der Waals surface area contributed by atoms with Crippen LogP contribution in [0.4, 0.5) is 5.69 Å². The lowest BCUT2D eigenvalue weighted by Crippen LogP contribution is -2.29. The molecule has 1 aliphatic carbocycles. The molecule has 1 amide bonds. The second-order valence-corrected chi connectivity index (χ2v) is 5.21. The highest BCUT2D eigenvalue weighted by atomic mass is 16.5. The number of hydrogen-bond donors (Lipinski definition) is 2. The number of benzene rings is 1. The van der Waals surface area contributed by atoms with Gasteiger partial charge in [0.1, 0.15) is 5.75 Å². The minimum absolute atomic E-state index is 0.00495. The lowest BCUT2D eigenvalue weighted by atomic mass is 10.1. The van der Waals surface area contributed by atoms with E-state index in [4.69, 9.17) is 4.74 Å². The average Bonchev–Trinajstić information content (AvgIpc) is 3.18. The first-order valence-electron chi connectivity index (χ1n) is 6.76. The summed E-state index contributed by atoms with van der Waals surface area (Å²) in [6.07, 6.45) is 2.59. The fourth-order valence-corrected chi connectivity index (χ4v) is 2.18. The summed E-state index contributed by atoms with van der Waals surface area (Å²) in [4.78, 5) is 11.8. The zero-order valence-corrected chi connectivity index (χ0v) is 11.9. The smallest absolute Gasteiger partial charge is 0.238 e. The first-order valence-corrected chi connectivity index (χ1v) is 6.76. The third-order valence-electron chi connectivity index (χ3n) is 3.50. The number of methoxy groups -OCH3 is 1. The quantitative estimate of drug-likeness (QED) is 0.826. The number of amides is 1. The van der Waals surface area contributed by atoms with Crippen LogP contribution in [-0.4, -0.2) is 26.1 Å². The van der Waals surface area contributed by atoms with Crippen LogP contribution in [0.15, 0.2) is 12.1 Å². The molecule has 0 bridgehead atoms. The zero-order chi connectivity index (χ0) is 13.8. The van der Waals surface area contributed by atoms with Gasteiger partial charge in [0.2, 0.25) is 5.91 Å². The van der Waals surface area contributed by atoms with Crippen LogP contribution in [0, 0.1) is 19.8 Å². The Morgan fingerprint density at radius 1 is 1.37 bits per heavy atom. The van der Waals surface area contributed by atoms with Crippen LogP contribution in [0.25, 0.3) is 0 Å². The van der Waals surface area contributed by atoms with Gasteiger partial charge in [-0.1, -0.05) is 6.07 Å². The van der Waals surface area contributed by atoms with E-state index in [2.05, 4.69) is 10.6 Å². The van der Waals surface area contributed by atoms with Gasteiger partial charge >= 0.3 is 0 Å². The summed E-state index contributed by atoms with van der Waals surface area (Å²) in [5, 5.41) is 6.11. The number of aryl methyl sites for hydroxylation is 1. The van der Waals surface area contributed by atoms with Crippen LogP contribution >= 0.6 is 0 Å². The van der Waals surface area contributed by atoms with Crippen molar-refractivity contribution in [3.63, 3.8) is 0 Å². The molecule has 2 N–H and O–H groups in total. The molecule has 1 saturated carbocycles. The predicted molar refractivity (Wildman–Crippen MR) is 76.7 cm³/mol. The summed E-state index contributed by atoms with van der Waals surface area (Å²) in [7, 11) is 1.65. The third-order valence-corrected chi connectivity index (χ3v) is 3.50. The van der Waals surface area contributed by atoms with Gasteiger partial charge in [0.15, 0.2) is 0 Å². The van der Waals surface area contributed by atoms with E-state index < -0.39 is 0 Å². The third kappa shape index (κ3) is 3.70. The number of carbonyl (C=O) groups is 1. The van der Waals surface area contributed by atoms with Gasteiger partial charge in [-0.25, -0.2) is 0 Å². The fourth-order valence-electron chi connectivity index (χ4n) is 2.18. The van der Waals surface area contributed by atoms with Crippen molar-refractivity contribution in [3.8, 4) is 5.75 Å². The van der Waals surface area contributed by atoms with Crippen LogP contribution < -0.4 is 15.4 Å². The van der Waals surface area contributed by atoms with E-state index in [0.717, 1.165) is 35.0 Å². The molecule has 1 fully saturated rings. The highest BCUT2D eigenvalue weighted by Gasteiger charge is 2.20. The number of rotatable bonds is 6. The molecule has 0 saturated heterocycles. The standard InChI is InChI=1S/C15H22N2O2/c1-10-4-7-13(11(2)15(10)19-3)17-14(18)9-16-8-12-5-6-12/h4,7,12,16H,5-6,8-9H2,1-3H3,(H,17,18). The van der Waals surface area contributed by atoms with Crippen molar-refractivity contribution >= 4 is 11.6 Å². The van der Waals surface area contributed by atoms with E-state index >= 15 is 0 Å². The molecule has 1 aliphatic rings. The Bertz CT molecular complexity index is 467. The summed E-state index contributed by atoms with van der Waals surface area (Å²) < 4.78 is 5.35. The van der Waals surface area contributed by atoms with Gasteiger partial charge in [0.25, 0.3) is 0 Å². The Morgan fingerprint density at radius 3 is 2.74 bits per heavy atom. The molecular weight excluding hydrogens is 240 g/mol. The number of ether oxygens (including phenoxy) is 1. The normalized spacial score (nSPS) is 14.3. The van der Waals surface area contributed by atoms with Gasteiger partial charge in [0.05, 0.1) is 13.7 Å². The Balaban J connectivity index is 1.91. The van der Waals surface area contributed by atoms with Gasteiger partial charge in [-0.15, -0.1) is 0 Å². The van der Waals surface area contributed by atoms with Crippen molar-refractivity contribution in [3.05, 3.63) is 23.3 Å². The molecular formula is C15H22N2O2. The highest BCUT2D eigenvalue weighted by Crippen LogP contribution is 2.29. The van der Waals surface area contributed by atoms with Crippen LogP contribution in [-0.2, 0) is 4.79 Å². The predicted octanol–water partition coefficient (Wildman–Crippen LogP) is 2.25. The van der Waals surface area contributed by atoms with Crippen LogP contribution in [0.5, 0.6) is 5.75 Å². The number of carbonyl (C=O) groups excluding carboxylic acids is 1. The average molecular weight is 262 g/mol. The molecule has 0 heterocycles. The van der Waals surface area contributed by atoms with E-state index in [1.807, 2.05) is 26.0 Å². The summed E-state index contributed by atoms with van der Waals surface area (Å²) in [6, 6.07) is 3.88. The lowest BCUT2D eigenvalue weighted by Gasteiger charge is -2.14. The van der Waals surface area contributed by atoms with Gasteiger partial charge in [-0.3, -0.25) is 4.79 Å².